The van der Waals surface area contributed by atoms with Crippen LogP contribution in [0.2, 0.25) is 0 Å². The van der Waals surface area contributed by atoms with Crippen LogP contribution in [0.3, 0.4) is 0 Å². The molecule has 9 heteroatoms. The number of nitrogens with one attached hydrogen (secondary N) is 2. The third kappa shape index (κ3) is 6.64. The number of pyridine rings is 1. The summed E-state index contributed by atoms with van der Waals surface area (Å²) in [6.07, 6.45) is 4.96. The summed E-state index contributed by atoms with van der Waals surface area (Å²) >= 11 is 0. The fourth-order valence-corrected chi connectivity index (χ4v) is 4.63. The summed E-state index contributed by atoms with van der Waals surface area (Å²) in [4.78, 5) is 27.0. The van der Waals surface area contributed by atoms with Crippen molar-refractivity contribution < 1.29 is 19.6 Å². The van der Waals surface area contributed by atoms with Crippen molar-refractivity contribution in [1.29, 1.82) is 0 Å². The Morgan fingerprint density at radius 2 is 2.09 bits per heavy atom. The molecule has 1 aliphatic rings. The predicted molar refractivity (Wildman–Crippen MR) is 126 cm³/mol. The number of aromatic hydroxyl groups is 1. The van der Waals surface area contributed by atoms with Gasteiger partial charge in [-0.15, -0.1) is 0 Å². The highest BCUT2D eigenvalue weighted by molar-refractivity contribution is 5.90. The van der Waals surface area contributed by atoms with E-state index in [1.54, 1.807) is 18.3 Å². The number of hydrogen-bond donors (Lipinski definition) is 3. The van der Waals surface area contributed by atoms with Gasteiger partial charge in [-0.05, 0) is 42.4 Å². The van der Waals surface area contributed by atoms with Gasteiger partial charge < -0.3 is 20.5 Å². The maximum absolute atomic E-state index is 12.4. The second-order valence-electron chi connectivity index (χ2n) is 8.98. The third-order valence-corrected chi connectivity index (χ3v) is 6.22. The molecule has 0 radical (unpaired) electrons. The highest BCUT2D eigenvalue weighted by atomic mass is 16.6. The summed E-state index contributed by atoms with van der Waals surface area (Å²) in [6, 6.07) is 7.26. The van der Waals surface area contributed by atoms with E-state index in [-0.39, 0.29) is 36.6 Å². The van der Waals surface area contributed by atoms with Gasteiger partial charge in [0.2, 0.25) is 0 Å². The first-order valence-corrected chi connectivity index (χ1v) is 11.3. The van der Waals surface area contributed by atoms with Crippen LogP contribution in [0.5, 0.6) is 5.75 Å². The second-order valence-corrected chi connectivity index (χ2v) is 8.98. The first kappa shape index (κ1) is 24.4. The molecule has 1 fully saturated rings. The number of nitrogens with zero attached hydrogens (tertiary/aromatic N) is 2. The second kappa shape index (κ2) is 11.1. The van der Waals surface area contributed by atoms with Gasteiger partial charge in [-0.3, -0.25) is 14.9 Å². The monoisotopic (exact) mass is 456 g/mol. The van der Waals surface area contributed by atoms with Gasteiger partial charge in [-0.25, -0.2) is 4.98 Å². The molecule has 9 nitrogen and oxygen atoms in total. The number of hydrogen-bond acceptors (Lipinski definition) is 7. The fraction of sp³-hybridized carbons (Fsp3) is 0.500. The van der Waals surface area contributed by atoms with Crippen LogP contribution >= 0.6 is 0 Å². The molecule has 3 N–H and O–H groups in total. The number of ether oxygens (including phenoxy) is 1. The molecule has 2 aromatic rings. The molecule has 1 heterocycles. The van der Waals surface area contributed by atoms with Gasteiger partial charge in [-0.1, -0.05) is 33.6 Å². The summed E-state index contributed by atoms with van der Waals surface area (Å²) in [6.45, 7) is 6.87. The van der Waals surface area contributed by atoms with Crippen LogP contribution < -0.4 is 10.6 Å². The summed E-state index contributed by atoms with van der Waals surface area (Å²) in [5.41, 5.74) is 0.951. The molecule has 0 saturated heterocycles. The van der Waals surface area contributed by atoms with Crippen LogP contribution in [-0.2, 0) is 16.1 Å². The number of anilines is 2. The van der Waals surface area contributed by atoms with Crippen molar-refractivity contribution in [2.75, 3.05) is 17.2 Å². The van der Waals surface area contributed by atoms with Crippen molar-refractivity contribution in [3.8, 4) is 5.75 Å². The molecule has 1 aliphatic carbocycles. The average molecular weight is 457 g/mol. The number of benzene rings is 1. The normalized spacial score (nSPS) is 20.4. The fourth-order valence-electron chi connectivity index (χ4n) is 4.63. The molecule has 1 aromatic heterocycles. The first-order chi connectivity index (χ1) is 15.7. The maximum atomic E-state index is 12.4. The van der Waals surface area contributed by atoms with E-state index in [1.807, 2.05) is 0 Å². The Kier molecular flexibility index (Phi) is 8.21. The topological polar surface area (TPSA) is 127 Å². The van der Waals surface area contributed by atoms with Crippen LogP contribution in [0, 0.1) is 27.9 Å². The number of carbonyl (C=O) groups is 1. The van der Waals surface area contributed by atoms with Crippen LogP contribution in [0.1, 0.15) is 45.6 Å². The number of carbonyl (C=O) groups excluding carboxylic acids is 1. The molecule has 178 valence electrons. The van der Waals surface area contributed by atoms with Gasteiger partial charge in [0, 0.05) is 24.2 Å². The smallest absolute Gasteiger partial charge is 0.270 e. The van der Waals surface area contributed by atoms with Crippen LogP contribution in [0.4, 0.5) is 17.2 Å². The minimum atomic E-state index is -0.510. The lowest BCUT2D eigenvalue weighted by Gasteiger charge is -2.38. The number of non-ortho nitro benzene ring substituents is 1. The maximum Gasteiger partial charge on any atom is 0.270 e. The number of nitro groups is 1. The Bertz CT molecular complexity index is 964. The van der Waals surface area contributed by atoms with Crippen LogP contribution in [-0.4, -0.2) is 33.6 Å². The van der Waals surface area contributed by atoms with E-state index in [1.165, 1.54) is 24.6 Å². The van der Waals surface area contributed by atoms with Crippen molar-refractivity contribution in [1.82, 2.24) is 4.98 Å². The molecule has 1 saturated carbocycles. The van der Waals surface area contributed by atoms with E-state index < -0.39 is 4.92 Å². The highest BCUT2D eigenvalue weighted by Crippen LogP contribution is 2.36. The van der Waals surface area contributed by atoms with E-state index in [4.69, 9.17) is 4.74 Å². The zero-order valence-electron chi connectivity index (χ0n) is 19.3. The lowest BCUT2D eigenvalue weighted by Crippen LogP contribution is -2.38. The first-order valence-electron chi connectivity index (χ1n) is 11.3. The van der Waals surface area contributed by atoms with Crippen LogP contribution in [0.15, 0.2) is 36.5 Å². The standard InChI is InChI=1S/C24H32N4O5/c1-15(2)24-16(3)5-4-6-21(24)33-14-23(30)27-22-10-7-18(13-26-22)25-12-17-11-19(28(31)32)8-9-20(17)29/h7-11,13,15-16,21,24-25,29H,4-6,12,14H2,1-3H3,(H,26,27,30). The van der Waals surface area contributed by atoms with E-state index in [9.17, 15) is 20.0 Å². The Morgan fingerprint density at radius 1 is 1.30 bits per heavy atom. The van der Waals surface area contributed by atoms with E-state index in [2.05, 4.69) is 36.4 Å². The molecule has 33 heavy (non-hydrogen) atoms. The minimum absolute atomic E-state index is 0.00560. The quantitative estimate of drug-likeness (QED) is 0.368. The molecule has 1 aromatic carbocycles. The number of nitro benzene ring substituents is 1. The van der Waals surface area contributed by atoms with Gasteiger partial charge in [0.05, 0.1) is 22.9 Å². The molecule has 3 atom stereocenters. The zero-order valence-corrected chi connectivity index (χ0v) is 19.3. The number of amides is 1. The Balaban J connectivity index is 1.50. The van der Waals surface area contributed by atoms with E-state index in [0.717, 1.165) is 12.8 Å². The van der Waals surface area contributed by atoms with Gasteiger partial charge in [0.1, 0.15) is 18.2 Å². The number of phenolic OH excluding ortho intramolecular Hbond substituents is 1. The van der Waals surface area contributed by atoms with Crippen molar-refractivity contribution in [2.24, 2.45) is 17.8 Å². The molecule has 3 unspecified atom stereocenters. The predicted octanol–water partition coefficient (Wildman–Crippen LogP) is 4.72. The van der Waals surface area contributed by atoms with Crippen molar-refractivity contribution in [3.05, 3.63) is 52.2 Å². The van der Waals surface area contributed by atoms with E-state index in [0.29, 0.717) is 34.8 Å². The number of phenols is 1. The zero-order chi connectivity index (χ0) is 24.0. The number of aromatic nitrogens is 1. The molecule has 0 aliphatic heterocycles. The van der Waals surface area contributed by atoms with Crippen LogP contribution in [0.25, 0.3) is 0 Å². The largest absolute Gasteiger partial charge is 0.508 e. The van der Waals surface area contributed by atoms with E-state index >= 15 is 0 Å². The van der Waals surface area contributed by atoms with Gasteiger partial charge >= 0.3 is 0 Å². The lowest BCUT2D eigenvalue weighted by atomic mass is 9.72. The van der Waals surface area contributed by atoms with Gasteiger partial charge in [0.15, 0.2) is 0 Å². The summed E-state index contributed by atoms with van der Waals surface area (Å²) in [5.74, 6) is 1.70. The molecular formula is C24H32N4O5. The minimum Gasteiger partial charge on any atom is -0.508 e. The lowest BCUT2D eigenvalue weighted by molar-refractivity contribution is -0.384. The Morgan fingerprint density at radius 3 is 2.76 bits per heavy atom. The molecule has 1 amide bonds. The highest BCUT2D eigenvalue weighted by Gasteiger charge is 2.33. The molecule has 0 bridgehead atoms. The Labute approximate surface area is 193 Å². The van der Waals surface area contributed by atoms with Crippen molar-refractivity contribution in [2.45, 2.75) is 52.7 Å². The summed E-state index contributed by atoms with van der Waals surface area (Å²) in [5, 5.41) is 26.6. The Hall–Kier alpha value is -3.20. The SMILES string of the molecule is CC(C)C1C(C)CCCC1OCC(=O)Nc1ccc(NCc2cc([N+](=O)[O-])ccc2O)cn1. The third-order valence-electron chi connectivity index (χ3n) is 6.22. The average Bonchev–Trinajstić information content (AvgIpc) is 2.77. The summed E-state index contributed by atoms with van der Waals surface area (Å²) in [7, 11) is 0. The molecule has 0 spiro atoms. The van der Waals surface area contributed by atoms with Gasteiger partial charge in [0.25, 0.3) is 11.6 Å². The van der Waals surface area contributed by atoms with Gasteiger partial charge in [-0.2, -0.15) is 0 Å². The summed E-state index contributed by atoms with van der Waals surface area (Å²) < 4.78 is 5.99. The molecular weight excluding hydrogens is 424 g/mol. The molecule has 3 rings (SSSR count). The van der Waals surface area contributed by atoms with Crippen molar-refractivity contribution in [3.63, 3.8) is 0 Å². The number of rotatable bonds is 9. The van der Waals surface area contributed by atoms with Crippen molar-refractivity contribution >= 4 is 23.1 Å².